The molecule has 0 atom stereocenters. The van der Waals surface area contributed by atoms with Crippen LogP contribution in [0.4, 0.5) is 13.2 Å². The van der Waals surface area contributed by atoms with E-state index in [1.165, 1.54) is 12.1 Å². The van der Waals surface area contributed by atoms with Gasteiger partial charge >= 0.3 is 6.18 Å². The standard InChI is InChI=1S/C17H16F3NO.CH4O3S/c18-17(19,20)15-10-8-14(9-11-15)13-6-4-12(5-7-13)2-1-3-16(21)22;1-5(2,3)4/h4-11H,1-3H2,(H2,21,22);1H3,(H,2,3,4). The second-order valence-corrected chi connectivity index (χ2v) is 7.29. The first kappa shape index (κ1) is 22.7. The highest BCUT2D eigenvalue weighted by Gasteiger charge is 2.29. The highest BCUT2D eigenvalue weighted by Crippen LogP contribution is 2.31. The molecule has 0 saturated heterocycles. The maximum absolute atomic E-state index is 12.5. The number of amides is 1. The summed E-state index contributed by atoms with van der Waals surface area (Å²) in [4.78, 5) is 10.7. The third-order valence-corrected chi connectivity index (χ3v) is 3.39. The van der Waals surface area contributed by atoms with Gasteiger partial charge in [0.25, 0.3) is 10.1 Å². The normalized spacial score (nSPS) is 11.4. The number of benzene rings is 2. The van der Waals surface area contributed by atoms with E-state index in [-0.39, 0.29) is 5.91 Å². The molecule has 2 aromatic rings. The topological polar surface area (TPSA) is 97.5 Å². The van der Waals surface area contributed by atoms with Gasteiger partial charge in [0.2, 0.25) is 5.91 Å². The molecule has 0 aromatic heterocycles. The van der Waals surface area contributed by atoms with Crippen LogP contribution in [0.15, 0.2) is 48.5 Å². The number of primary amides is 1. The molecular formula is C18H20F3NO4S. The van der Waals surface area contributed by atoms with Crippen molar-refractivity contribution in [2.75, 3.05) is 6.26 Å². The van der Waals surface area contributed by atoms with Crippen LogP contribution >= 0.6 is 0 Å². The maximum atomic E-state index is 12.5. The van der Waals surface area contributed by atoms with Crippen LogP contribution in [0, 0.1) is 0 Å². The molecule has 2 rings (SSSR count). The zero-order chi connectivity index (χ0) is 20.7. The Balaban J connectivity index is 0.000000646. The summed E-state index contributed by atoms with van der Waals surface area (Å²) in [6.45, 7) is 0. The fraction of sp³-hybridized carbons (Fsp3) is 0.278. The third-order valence-electron chi connectivity index (χ3n) is 3.39. The number of aryl methyl sites for hydroxylation is 1. The van der Waals surface area contributed by atoms with Gasteiger partial charge in [-0.3, -0.25) is 9.35 Å². The first-order valence-electron chi connectivity index (χ1n) is 7.83. The molecule has 0 aliphatic carbocycles. The van der Waals surface area contributed by atoms with E-state index in [4.69, 9.17) is 10.3 Å². The Morgan fingerprint density at radius 2 is 1.41 bits per heavy atom. The highest BCUT2D eigenvalue weighted by molar-refractivity contribution is 7.85. The predicted octanol–water partition coefficient (Wildman–Crippen LogP) is 3.68. The number of rotatable bonds is 5. The molecule has 3 N–H and O–H groups in total. The molecular weight excluding hydrogens is 383 g/mol. The smallest absolute Gasteiger partial charge is 0.370 e. The van der Waals surface area contributed by atoms with Crippen LogP contribution < -0.4 is 5.73 Å². The summed E-state index contributed by atoms with van der Waals surface area (Å²) < 4.78 is 63.4. The van der Waals surface area contributed by atoms with Crippen molar-refractivity contribution in [1.82, 2.24) is 0 Å². The fourth-order valence-corrected chi connectivity index (χ4v) is 2.18. The Hall–Kier alpha value is -2.39. The predicted molar refractivity (Wildman–Crippen MR) is 96.5 cm³/mol. The van der Waals surface area contributed by atoms with Crippen LogP contribution in [0.5, 0.6) is 0 Å². The molecule has 148 valence electrons. The first-order valence-corrected chi connectivity index (χ1v) is 9.68. The molecule has 0 spiro atoms. The van der Waals surface area contributed by atoms with Gasteiger partial charge in [-0.1, -0.05) is 36.4 Å². The molecule has 0 radical (unpaired) electrons. The van der Waals surface area contributed by atoms with E-state index in [2.05, 4.69) is 0 Å². The van der Waals surface area contributed by atoms with Crippen molar-refractivity contribution in [2.24, 2.45) is 5.73 Å². The largest absolute Gasteiger partial charge is 0.416 e. The summed E-state index contributed by atoms with van der Waals surface area (Å²) in [5.41, 5.74) is 7.08. The summed E-state index contributed by atoms with van der Waals surface area (Å²) in [5.74, 6) is -0.318. The summed E-state index contributed by atoms with van der Waals surface area (Å²) in [7, 11) is -3.67. The minimum atomic E-state index is -4.32. The average molecular weight is 403 g/mol. The molecule has 27 heavy (non-hydrogen) atoms. The summed E-state index contributed by atoms with van der Waals surface area (Å²) >= 11 is 0. The number of carbonyl (C=O) groups excluding carboxylic acids is 1. The summed E-state index contributed by atoms with van der Waals surface area (Å²) in [5, 5.41) is 0. The Bertz CT molecular complexity index is 838. The molecule has 9 heteroatoms. The Morgan fingerprint density at radius 3 is 1.78 bits per heavy atom. The van der Waals surface area contributed by atoms with E-state index < -0.39 is 21.9 Å². The van der Waals surface area contributed by atoms with E-state index in [0.29, 0.717) is 19.1 Å². The fourth-order valence-electron chi connectivity index (χ4n) is 2.18. The second-order valence-electron chi connectivity index (χ2n) is 5.82. The van der Waals surface area contributed by atoms with Crippen LogP contribution in [0.1, 0.15) is 24.0 Å². The Kier molecular flexibility index (Phi) is 7.98. The summed E-state index contributed by atoms with van der Waals surface area (Å²) in [6.07, 6.45) is -1.82. The van der Waals surface area contributed by atoms with Crippen molar-refractivity contribution in [1.29, 1.82) is 0 Å². The molecule has 0 aliphatic heterocycles. The Labute approximate surface area is 155 Å². The van der Waals surface area contributed by atoms with Gasteiger partial charge in [0.1, 0.15) is 0 Å². The van der Waals surface area contributed by atoms with Gasteiger partial charge in [0.15, 0.2) is 0 Å². The zero-order valence-electron chi connectivity index (χ0n) is 14.5. The lowest BCUT2D eigenvalue weighted by Crippen LogP contribution is -2.10. The van der Waals surface area contributed by atoms with Crippen molar-refractivity contribution < 1.29 is 30.9 Å². The molecule has 2 aromatic carbocycles. The van der Waals surface area contributed by atoms with Crippen molar-refractivity contribution in [3.05, 3.63) is 59.7 Å². The van der Waals surface area contributed by atoms with Gasteiger partial charge in [-0.25, -0.2) is 0 Å². The molecule has 0 fully saturated rings. The van der Waals surface area contributed by atoms with E-state index in [1.807, 2.05) is 24.3 Å². The van der Waals surface area contributed by atoms with Gasteiger partial charge in [-0.2, -0.15) is 21.6 Å². The molecule has 0 unspecified atom stereocenters. The van der Waals surface area contributed by atoms with Gasteiger partial charge in [-0.05, 0) is 41.7 Å². The summed E-state index contributed by atoms with van der Waals surface area (Å²) in [6, 6.07) is 12.6. The average Bonchev–Trinajstić information content (AvgIpc) is 2.53. The quantitative estimate of drug-likeness (QED) is 0.744. The molecule has 0 bridgehead atoms. The van der Waals surface area contributed by atoms with Crippen LogP contribution in [0.2, 0.25) is 0 Å². The number of hydrogen-bond donors (Lipinski definition) is 2. The van der Waals surface area contributed by atoms with Crippen LogP contribution in [-0.2, 0) is 27.5 Å². The van der Waals surface area contributed by atoms with Crippen LogP contribution in [-0.4, -0.2) is 25.1 Å². The van der Waals surface area contributed by atoms with Gasteiger partial charge in [-0.15, -0.1) is 0 Å². The molecule has 0 heterocycles. The van der Waals surface area contributed by atoms with Crippen molar-refractivity contribution in [3.63, 3.8) is 0 Å². The lowest BCUT2D eigenvalue weighted by Gasteiger charge is -2.08. The third kappa shape index (κ3) is 9.76. The minimum absolute atomic E-state index is 0.318. The maximum Gasteiger partial charge on any atom is 0.416 e. The van der Waals surface area contributed by atoms with Crippen LogP contribution in [0.25, 0.3) is 11.1 Å². The monoisotopic (exact) mass is 403 g/mol. The molecule has 0 aliphatic rings. The van der Waals surface area contributed by atoms with Crippen LogP contribution in [0.3, 0.4) is 0 Å². The highest BCUT2D eigenvalue weighted by atomic mass is 32.2. The molecule has 1 amide bonds. The van der Waals surface area contributed by atoms with E-state index >= 15 is 0 Å². The molecule has 5 nitrogen and oxygen atoms in total. The molecule has 0 saturated carbocycles. The SMILES string of the molecule is CS(=O)(=O)O.NC(=O)CCCc1ccc(-c2ccc(C(F)(F)F)cc2)cc1. The van der Waals surface area contributed by atoms with Gasteiger partial charge in [0, 0.05) is 6.42 Å². The number of alkyl halides is 3. The zero-order valence-corrected chi connectivity index (χ0v) is 15.3. The lowest BCUT2D eigenvalue weighted by atomic mass is 10.0. The van der Waals surface area contributed by atoms with Crippen molar-refractivity contribution in [3.8, 4) is 11.1 Å². The second kappa shape index (κ2) is 9.52. The number of hydrogen-bond acceptors (Lipinski definition) is 3. The number of halogens is 3. The van der Waals surface area contributed by atoms with Gasteiger partial charge < -0.3 is 5.73 Å². The van der Waals surface area contributed by atoms with Crippen molar-refractivity contribution in [2.45, 2.75) is 25.4 Å². The number of nitrogens with two attached hydrogens (primary N) is 1. The minimum Gasteiger partial charge on any atom is -0.370 e. The number of carbonyl (C=O) groups is 1. The lowest BCUT2D eigenvalue weighted by molar-refractivity contribution is -0.137. The van der Waals surface area contributed by atoms with E-state index in [1.54, 1.807) is 0 Å². The van der Waals surface area contributed by atoms with Gasteiger partial charge in [0.05, 0.1) is 11.8 Å². The first-order chi connectivity index (χ1) is 12.4. The van der Waals surface area contributed by atoms with E-state index in [9.17, 15) is 26.4 Å². The van der Waals surface area contributed by atoms with E-state index in [0.717, 1.165) is 35.2 Å². The van der Waals surface area contributed by atoms with Crippen molar-refractivity contribution >= 4 is 16.0 Å². The Morgan fingerprint density at radius 1 is 1.00 bits per heavy atom.